The molecular formula is C15H19FN2O. The van der Waals surface area contributed by atoms with Gasteiger partial charge in [0.2, 0.25) is 5.91 Å². The number of nitrogens with two attached hydrogens (primary N) is 1. The van der Waals surface area contributed by atoms with E-state index >= 15 is 0 Å². The van der Waals surface area contributed by atoms with Crippen molar-refractivity contribution in [2.24, 2.45) is 11.1 Å². The maximum Gasteiger partial charge on any atom is 0.233 e. The standard InChI is InChI=1S/C15H19FN2O/c16-11-3-5-13(6-4-11)18-9-8-15(14(18)19)7-1-2-12(17)10-15/h3-6,12H,1-2,7-10,17H2. The third-order valence-corrected chi connectivity index (χ3v) is 4.53. The molecule has 1 aliphatic heterocycles. The number of rotatable bonds is 1. The van der Waals surface area contributed by atoms with Crippen molar-refractivity contribution >= 4 is 11.6 Å². The summed E-state index contributed by atoms with van der Waals surface area (Å²) in [5.41, 5.74) is 6.57. The fourth-order valence-electron chi connectivity index (χ4n) is 3.52. The molecule has 102 valence electrons. The fourth-order valence-corrected chi connectivity index (χ4v) is 3.52. The topological polar surface area (TPSA) is 46.3 Å². The Balaban J connectivity index is 1.83. The van der Waals surface area contributed by atoms with Crippen LogP contribution >= 0.6 is 0 Å². The second kappa shape index (κ2) is 4.60. The van der Waals surface area contributed by atoms with Gasteiger partial charge in [0.05, 0.1) is 5.41 Å². The maximum atomic E-state index is 13.0. The zero-order valence-electron chi connectivity index (χ0n) is 10.9. The van der Waals surface area contributed by atoms with Gasteiger partial charge in [-0.15, -0.1) is 0 Å². The Kier molecular flexibility index (Phi) is 3.05. The van der Waals surface area contributed by atoms with E-state index in [4.69, 9.17) is 5.73 Å². The number of nitrogens with zero attached hydrogens (tertiary/aromatic N) is 1. The molecule has 1 spiro atoms. The molecule has 3 rings (SSSR count). The molecule has 2 aliphatic rings. The molecule has 1 aromatic carbocycles. The number of amides is 1. The van der Waals surface area contributed by atoms with Gasteiger partial charge in [0.1, 0.15) is 5.82 Å². The molecule has 4 heteroatoms. The number of hydrogen-bond donors (Lipinski definition) is 1. The molecule has 2 fully saturated rings. The minimum Gasteiger partial charge on any atom is -0.328 e. The molecule has 3 nitrogen and oxygen atoms in total. The van der Waals surface area contributed by atoms with E-state index in [0.29, 0.717) is 0 Å². The lowest BCUT2D eigenvalue weighted by Crippen LogP contribution is -2.42. The van der Waals surface area contributed by atoms with Gasteiger partial charge in [-0.3, -0.25) is 4.79 Å². The first-order chi connectivity index (χ1) is 9.11. The summed E-state index contributed by atoms with van der Waals surface area (Å²) in [5, 5.41) is 0. The molecule has 19 heavy (non-hydrogen) atoms. The van der Waals surface area contributed by atoms with E-state index in [2.05, 4.69) is 0 Å². The lowest BCUT2D eigenvalue weighted by molar-refractivity contribution is -0.127. The van der Waals surface area contributed by atoms with Crippen LogP contribution in [-0.4, -0.2) is 18.5 Å². The minimum absolute atomic E-state index is 0.144. The molecule has 1 saturated carbocycles. The van der Waals surface area contributed by atoms with Crippen molar-refractivity contribution < 1.29 is 9.18 Å². The minimum atomic E-state index is -0.273. The average molecular weight is 262 g/mol. The van der Waals surface area contributed by atoms with Gasteiger partial charge in [0.15, 0.2) is 0 Å². The molecule has 2 atom stereocenters. The Morgan fingerprint density at radius 3 is 2.68 bits per heavy atom. The summed E-state index contributed by atoms with van der Waals surface area (Å²) in [4.78, 5) is 14.5. The maximum absolute atomic E-state index is 13.0. The van der Waals surface area contributed by atoms with Crippen molar-refractivity contribution in [2.75, 3.05) is 11.4 Å². The van der Waals surface area contributed by atoms with E-state index < -0.39 is 0 Å². The summed E-state index contributed by atoms with van der Waals surface area (Å²) in [6.07, 6.45) is 4.66. The fraction of sp³-hybridized carbons (Fsp3) is 0.533. The second-order valence-corrected chi connectivity index (χ2v) is 5.82. The highest BCUT2D eigenvalue weighted by Crippen LogP contribution is 2.45. The summed E-state index contributed by atoms with van der Waals surface area (Å²) in [5.74, 6) is -0.0981. The van der Waals surface area contributed by atoms with Crippen molar-refractivity contribution in [2.45, 2.75) is 38.1 Å². The Labute approximate surface area is 112 Å². The lowest BCUT2D eigenvalue weighted by Gasteiger charge is -2.35. The van der Waals surface area contributed by atoms with E-state index in [1.807, 2.05) is 0 Å². The van der Waals surface area contributed by atoms with Crippen LogP contribution in [0.15, 0.2) is 24.3 Å². The van der Waals surface area contributed by atoms with Crippen LogP contribution in [0.3, 0.4) is 0 Å². The SMILES string of the molecule is NC1CCCC2(CCN(c3ccc(F)cc3)C2=O)C1. The Morgan fingerprint density at radius 1 is 1.26 bits per heavy atom. The van der Waals surface area contributed by atoms with Crippen LogP contribution in [0.4, 0.5) is 10.1 Å². The van der Waals surface area contributed by atoms with E-state index in [9.17, 15) is 9.18 Å². The summed E-state index contributed by atoms with van der Waals surface area (Å²) in [6, 6.07) is 6.30. The zero-order valence-corrected chi connectivity index (χ0v) is 10.9. The molecule has 0 bridgehead atoms. The highest BCUT2D eigenvalue weighted by molar-refractivity contribution is 6.00. The Hall–Kier alpha value is -1.42. The smallest absolute Gasteiger partial charge is 0.233 e. The lowest BCUT2D eigenvalue weighted by atomic mass is 9.71. The molecule has 2 unspecified atom stereocenters. The van der Waals surface area contributed by atoms with Crippen LogP contribution in [0.5, 0.6) is 0 Å². The normalized spacial score (nSPS) is 31.2. The molecule has 1 aromatic rings. The molecule has 0 aromatic heterocycles. The average Bonchev–Trinajstić information content (AvgIpc) is 2.68. The third-order valence-electron chi connectivity index (χ3n) is 4.53. The van der Waals surface area contributed by atoms with E-state index in [-0.39, 0.29) is 23.2 Å². The van der Waals surface area contributed by atoms with Crippen molar-refractivity contribution in [3.05, 3.63) is 30.1 Å². The highest BCUT2D eigenvalue weighted by atomic mass is 19.1. The van der Waals surface area contributed by atoms with Gasteiger partial charge < -0.3 is 10.6 Å². The first-order valence-electron chi connectivity index (χ1n) is 6.94. The molecule has 1 aliphatic carbocycles. The van der Waals surface area contributed by atoms with Crippen molar-refractivity contribution in [3.63, 3.8) is 0 Å². The van der Waals surface area contributed by atoms with Gasteiger partial charge in [-0.2, -0.15) is 0 Å². The van der Waals surface area contributed by atoms with Crippen LogP contribution in [0, 0.1) is 11.2 Å². The summed E-state index contributed by atoms with van der Waals surface area (Å²) in [7, 11) is 0. The monoisotopic (exact) mass is 262 g/mol. The number of hydrogen-bond acceptors (Lipinski definition) is 2. The van der Waals surface area contributed by atoms with Gasteiger partial charge in [-0.05, 0) is 49.9 Å². The molecule has 1 heterocycles. The Morgan fingerprint density at radius 2 is 2.00 bits per heavy atom. The number of anilines is 1. The molecule has 1 amide bonds. The number of carbonyl (C=O) groups is 1. The van der Waals surface area contributed by atoms with Gasteiger partial charge >= 0.3 is 0 Å². The number of carbonyl (C=O) groups excluding carboxylic acids is 1. The van der Waals surface area contributed by atoms with E-state index in [1.54, 1.807) is 17.0 Å². The third kappa shape index (κ3) is 2.14. The van der Waals surface area contributed by atoms with E-state index in [0.717, 1.165) is 44.3 Å². The summed E-state index contributed by atoms with van der Waals surface area (Å²) < 4.78 is 13.0. The number of benzene rings is 1. The second-order valence-electron chi connectivity index (χ2n) is 5.82. The van der Waals surface area contributed by atoms with Gasteiger partial charge in [0.25, 0.3) is 0 Å². The van der Waals surface area contributed by atoms with Gasteiger partial charge in [-0.1, -0.05) is 6.42 Å². The first-order valence-corrected chi connectivity index (χ1v) is 6.94. The predicted octanol–water partition coefficient (Wildman–Crippen LogP) is 2.45. The first kappa shape index (κ1) is 12.6. The van der Waals surface area contributed by atoms with Crippen LogP contribution in [-0.2, 0) is 4.79 Å². The Bertz CT molecular complexity index is 487. The van der Waals surface area contributed by atoms with Crippen molar-refractivity contribution in [1.82, 2.24) is 0 Å². The molecular weight excluding hydrogens is 243 g/mol. The van der Waals surface area contributed by atoms with Crippen molar-refractivity contribution in [3.8, 4) is 0 Å². The van der Waals surface area contributed by atoms with E-state index in [1.165, 1.54) is 12.1 Å². The summed E-state index contributed by atoms with van der Waals surface area (Å²) in [6.45, 7) is 0.719. The van der Waals surface area contributed by atoms with Crippen LogP contribution < -0.4 is 10.6 Å². The quantitative estimate of drug-likeness (QED) is 0.845. The number of halogens is 1. The molecule has 1 saturated heterocycles. The predicted molar refractivity (Wildman–Crippen MR) is 72.2 cm³/mol. The van der Waals surface area contributed by atoms with Crippen molar-refractivity contribution in [1.29, 1.82) is 0 Å². The zero-order chi connectivity index (χ0) is 13.5. The largest absolute Gasteiger partial charge is 0.328 e. The van der Waals surface area contributed by atoms with Gasteiger partial charge in [0, 0.05) is 18.3 Å². The van der Waals surface area contributed by atoms with Crippen LogP contribution in [0.2, 0.25) is 0 Å². The van der Waals surface area contributed by atoms with Crippen LogP contribution in [0.1, 0.15) is 32.1 Å². The van der Waals surface area contributed by atoms with Crippen LogP contribution in [0.25, 0.3) is 0 Å². The highest BCUT2D eigenvalue weighted by Gasteiger charge is 2.48. The molecule has 0 radical (unpaired) electrons. The summed E-state index contributed by atoms with van der Waals surface area (Å²) >= 11 is 0. The van der Waals surface area contributed by atoms with Gasteiger partial charge in [-0.25, -0.2) is 4.39 Å². The molecule has 2 N–H and O–H groups in total.